The molecule has 6 heteroatoms. The highest BCUT2D eigenvalue weighted by Gasteiger charge is 2.24. The molecule has 1 atom stereocenters. The number of aryl methyl sites for hydroxylation is 1. The van der Waals surface area contributed by atoms with Gasteiger partial charge in [0.1, 0.15) is 5.82 Å². The Balaban J connectivity index is 1.76. The molecule has 1 unspecified atom stereocenters. The van der Waals surface area contributed by atoms with Gasteiger partial charge in [0.15, 0.2) is 0 Å². The third-order valence-corrected chi connectivity index (χ3v) is 4.83. The Labute approximate surface area is 140 Å². The average Bonchev–Trinajstić information content (AvgIpc) is 2.83. The van der Waals surface area contributed by atoms with Crippen LogP contribution in [0.1, 0.15) is 43.6 Å². The summed E-state index contributed by atoms with van der Waals surface area (Å²) in [6, 6.07) is 4.86. The van der Waals surface area contributed by atoms with Gasteiger partial charge in [0.25, 0.3) is 0 Å². The highest BCUT2D eigenvalue weighted by Crippen LogP contribution is 2.41. The van der Waals surface area contributed by atoms with Crippen LogP contribution in [0.2, 0.25) is 0 Å². The Morgan fingerprint density at radius 2 is 2.04 bits per heavy atom. The normalized spacial score (nSPS) is 16.8. The van der Waals surface area contributed by atoms with Gasteiger partial charge in [-0.15, -0.1) is 11.8 Å². The Bertz CT molecular complexity index is 599. The van der Waals surface area contributed by atoms with Gasteiger partial charge >= 0.3 is 0 Å². The first-order valence-electron chi connectivity index (χ1n) is 7.72. The molecule has 126 valence electrons. The van der Waals surface area contributed by atoms with Crippen LogP contribution in [0.3, 0.4) is 0 Å². The summed E-state index contributed by atoms with van der Waals surface area (Å²) in [5.41, 5.74) is 1.84. The summed E-state index contributed by atoms with van der Waals surface area (Å²) in [6.45, 7) is 5.64. The van der Waals surface area contributed by atoms with Gasteiger partial charge in [-0.05, 0) is 56.9 Å². The molecule has 0 spiro atoms. The predicted molar refractivity (Wildman–Crippen MR) is 90.8 cm³/mol. The van der Waals surface area contributed by atoms with Crippen molar-refractivity contribution in [3.8, 4) is 0 Å². The fourth-order valence-electron chi connectivity index (χ4n) is 2.58. The second-order valence-corrected chi connectivity index (χ2v) is 7.95. The van der Waals surface area contributed by atoms with Crippen molar-refractivity contribution in [3.05, 3.63) is 35.1 Å². The molecule has 0 fully saturated rings. The SMILES string of the molecule is CC(C)(C)NC(=O)CNC(=O)CSC1CCc2ccc(F)cc21. The Morgan fingerprint density at radius 1 is 1.30 bits per heavy atom. The van der Waals surface area contributed by atoms with Gasteiger partial charge in [0.2, 0.25) is 11.8 Å². The van der Waals surface area contributed by atoms with Gasteiger partial charge < -0.3 is 10.6 Å². The lowest BCUT2D eigenvalue weighted by Gasteiger charge is -2.20. The number of thioether (sulfide) groups is 1. The predicted octanol–water partition coefficient (Wildman–Crippen LogP) is 2.58. The van der Waals surface area contributed by atoms with E-state index in [1.807, 2.05) is 26.8 Å². The zero-order valence-electron chi connectivity index (χ0n) is 13.7. The molecule has 0 heterocycles. The summed E-state index contributed by atoms with van der Waals surface area (Å²) < 4.78 is 13.3. The van der Waals surface area contributed by atoms with E-state index < -0.39 is 0 Å². The highest BCUT2D eigenvalue weighted by molar-refractivity contribution is 8.00. The summed E-state index contributed by atoms with van der Waals surface area (Å²) in [5.74, 6) is -0.351. The molecule has 1 aromatic rings. The molecule has 23 heavy (non-hydrogen) atoms. The van der Waals surface area contributed by atoms with Gasteiger partial charge in [0.05, 0.1) is 12.3 Å². The van der Waals surface area contributed by atoms with Crippen LogP contribution in [-0.4, -0.2) is 29.7 Å². The maximum atomic E-state index is 13.3. The second kappa shape index (κ2) is 7.34. The minimum absolute atomic E-state index is 0.0213. The van der Waals surface area contributed by atoms with E-state index in [9.17, 15) is 14.0 Å². The van der Waals surface area contributed by atoms with E-state index in [2.05, 4.69) is 10.6 Å². The topological polar surface area (TPSA) is 58.2 Å². The first kappa shape index (κ1) is 17.8. The summed E-state index contributed by atoms with van der Waals surface area (Å²) >= 11 is 1.50. The molecule has 0 radical (unpaired) electrons. The van der Waals surface area contributed by atoms with E-state index in [0.717, 1.165) is 24.0 Å². The van der Waals surface area contributed by atoms with Crippen LogP contribution < -0.4 is 10.6 Å². The third kappa shape index (κ3) is 5.53. The molecular formula is C17H23FN2O2S. The summed E-state index contributed by atoms with van der Waals surface area (Å²) in [4.78, 5) is 23.5. The molecule has 1 aliphatic rings. The Hall–Kier alpha value is -1.56. The van der Waals surface area contributed by atoms with E-state index in [1.54, 1.807) is 6.07 Å². The van der Waals surface area contributed by atoms with Crippen LogP contribution in [-0.2, 0) is 16.0 Å². The van der Waals surface area contributed by atoms with Crippen LogP contribution in [0.5, 0.6) is 0 Å². The minimum Gasteiger partial charge on any atom is -0.350 e. The molecule has 4 nitrogen and oxygen atoms in total. The van der Waals surface area contributed by atoms with E-state index in [1.165, 1.54) is 17.8 Å². The lowest BCUT2D eigenvalue weighted by Crippen LogP contribution is -2.46. The molecule has 0 saturated carbocycles. The standard InChI is InChI=1S/C17H23FN2O2S/c1-17(2,3)20-15(21)9-19-16(22)10-23-14-7-5-11-4-6-12(18)8-13(11)14/h4,6,8,14H,5,7,9-10H2,1-3H3,(H,19,22)(H,20,21). The molecule has 0 saturated heterocycles. The fraction of sp³-hybridized carbons (Fsp3) is 0.529. The molecule has 1 aromatic carbocycles. The van der Waals surface area contributed by atoms with E-state index >= 15 is 0 Å². The van der Waals surface area contributed by atoms with Crippen molar-refractivity contribution in [3.63, 3.8) is 0 Å². The zero-order valence-corrected chi connectivity index (χ0v) is 14.6. The van der Waals surface area contributed by atoms with Crippen molar-refractivity contribution in [1.29, 1.82) is 0 Å². The molecule has 2 amide bonds. The number of amides is 2. The van der Waals surface area contributed by atoms with Crippen LogP contribution in [0.4, 0.5) is 4.39 Å². The number of benzene rings is 1. The average molecular weight is 338 g/mol. The van der Waals surface area contributed by atoms with Gasteiger partial charge in [-0.25, -0.2) is 4.39 Å². The van der Waals surface area contributed by atoms with Crippen molar-refractivity contribution in [2.45, 2.75) is 44.4 Å². The Morgan fingerprint density at radius 3 is 2.74 bits per heavy atom. The first-order valence-corrected chi connectivity index (χ1v) is 8.77. The third-order valence-electron chi connectivity index (χ3n) is 3.51. The number of hydrogen-bond acceptors (Lipinski definition) is 3. The summed E-state index contributed by atoms with van der Waals surface area (Å²) in [5, 5.41) is 5.56. The number of halogens is 1. The van der Waals surface area contributed by atoms with Crippen LogP contribution in [0.15, 0.2) is 18.2 Å². The van der Waals surface area contributed by atoms with E-state index in [0.29, 0.717) is 0 Å². The number of fused-ring (bicyclic) bond motifs is 1. The Kier molecular flexibility index (Phi) is 5.68. The van der Waals surface area contributed by atoms with Crippen molar-refractivity contribution < 1.29 is 14.0 Å². The van der Waals surface area contributed by atoms with Crippen LogP contribution in [0.25, 0.3) is 0 Å². The van der Waals surface area contributed by atoms with E-state index in [4.69, 9.17) is 0 Å². The molecule has 2 N–H and O–H groups in total. The minimum atomic E-state index is -0.311. The van der Waals surface area contributed by atoms with Crippen molar-refractivity contribution >= 4 is 23.6 Å². The second-order valence-electron chi connectivity index (χ2n) is 6.76. The smallest absolute Gasteiger partial charge is 0.239 e. The molecule has 0 aliphatic heterocycles. The molecule has 1 aliphatic carbocycles. The number of carbonyl (C=O) groups excluding carboxylic acids is 2. The summed E-state index contributed by atoms with van der Waals surface area (Å²) in [7, 11) is 0. The lowest BCUT2D eigenvalue weighted by molar-refractivity contribution is -0.125. The number of nitrogens with one attached hydrogen (secondary N) is 2. The van der Waals surface area contributed by atoms with Crippen molar-refractivity contribution in [2.24, 2.45) is 0 Å². The maximum Gasteiger partial charge on any atom is 0.239 e. The van der Waals surface area contributed by atoms with Gasteiger partial charge in [-0.2, -0.15) is 0 Å². The summed E-state index contributed by atoms with van der Waals surface area (Å²) in [6.07, 6.45) is 1.84. The maximum absolute atomic E-state index is 13.3. The number of rotatable bonds is 5. The monoisotopic (exact) mass is 338 g/mol. The quantitative estimate of drug-likeness (QED) is 0.867. The van der Waals surface area contributed by atoms with Gasteiger partial charge in [0, 0.05) is 10.8 Å². The molecule has 0 aromatic heterocycles. The van der Waals surface area contributed by atoms with Gasteiger partial charge in [-0.3, -0.25) is 9.59 Å². The lowest BCUT2D eigenvalue weighted by atomic mass is 10.1. The fourth-order valence-corrected chi connectivity index (χ4v) is 3.72. The van der Waals surface area contributed by atoms with Crippen molar-refractivity contribution in [1.82, 2.24) is 10.6 Å². The van der Waals surface area contributed by atoms with Gasteiger partial charge in [-0.1, -0.05) is 6.07 Å². The molecular weight excluding hydrogens is 315 g/mol. The number of hydrogen-bond donors (Lipinski definition) is 2. The molecule has 2 rings (SSSR count). The molecule has 0 bridgehead atoms. The number of carbonyl (C=O) groups is 2. The largest absolute Gasteiger partial charge is 0.350 e. The van der Waals surface area contributed by atoms with Crippen molar-refractivity contribution in [2.75, 3.05) is 12.3 Å². The van der Waals surface area contributed by atoms with Crippen LogP contribution in [0, 0.1) is 5.82 Å². The van der Waals surface area contributed by atoms with E-state index in [-0.39, 0.29) is 40.7 Å². The highest BCUT2D eigenvalue weighted by atomic mass is 32.2. The van der Waals surface area contributed by atoms with Crippen LogP contribution >= 0.6 is 11.8 Å². The zero-order chi connectivity index (χ0) is 17.0. The first-order chi connectivity index (χ1) is 10.7.